The highest BCUT2D eigenvalue weighted by molar-refractivity contribution is 7.97. The van der Waals surface area contributed by atoms with E-state index in [2.05, 4.69) is 21.4 Å². The second-order valence-electron chi connectivity index (χ2n) is 8.67. The lowest BCUT2D eigenvalue weighted by Gasteiger charge is -2.50. The topological polar surface area (TPSA) is 35.6 Å². The van der Waals surface area contributed by atoms with Crippen molar-refractivity contribution in [3.05, 3.63) is 34.3 Å². The Hall–Kier alpha value is -1.10. The van der Waals surface area contributed by atoms with Gasteiger partial charge >= 0.3 is 6.18 Å². The summed E-state index contributed by atoms with van der Waals surface area (Å²) in [5.74, 6) is -2.70. The summed E-state index contributed by atoms with van der Waals surface area (Å²) in [7, 11) is 0. The quantitative estimate of drug-likeness (QED) is 0.374. The van der Waals surface area contributed by atoms with Gasteiger partial charge in [0, 0.05) is 56.9 Å². The summed E-state index contributed by atoms with van der Waals surface area (Å²) in [5, 5.41) is 2.31. The number of hydrogen-bond donors (Lipinski definition) is 1. The molecule has 0 atom stereocenters. The molecule has 0 bridgehead atoms. The fraction of sp³-hybridized carbons (Fsp3) is 0.682. The summed E-state index contributed by atoms with van der Waals surface area (Å²) >= 11 is 7.71. The summed E-state index contributed by atoms with van der Waals surface area (Å²) in [6, 6.07) is 3.18. The zero-order chi connectivity index (χ0) is 24.3. The number of nitrogens with one attached hydrogen (secondary N) is 1. The predicted octanol–water partition coefficient (Wildman–Crippen LogP) is 5.71. The van der Waals surface area contributed by atoms with E-state index in [9.17, 15) is 26.7 Å². The first-order chi connectivity index (χ1) is 15.5. The average Bonchev–Trinajstić information content (AvgIpc) is 2.77. The Kier molecular flexibility index (Phi) is 8.56. The van der Waals surface area contributed by atoms with E-state index in [-0.39, 0.29) is 37.3 Å². The van der Waals surface area contributed by atoms with E-state index in [4.69, 9.17) is 11.6 Å². The van der Waals surface area contributed by atoms with Crippen molar-refractivity contribution in [1.29, 1.82) is 0 Å². The number of amides is 1. The predicted molar refractivity (Wildman–Crippen MR) is 121 cm³/mol. The Labute approximate surface area is 200 Å². The van der Waals surface area contributed by atoms with Crippen molar-refractivity contribution >= 4 is 29.5 Å². The van der Waals surface area contributed by atoms with Crippen LogP contribution in [0.1, 0.15) is 54.9 Å². The van der Waals surface area contributed by atoms with Gasteiger partial charge in [0.25, 0.3) is 5.91 Å². The van der Waals surface area contributed by atoms with Crippen LogP contribution >= 0.6 is 23.5 Å². The maximum Gasteiger partial charge on any atom is 0.417 e. The van der Waals surface area contributed by atoms with Crippen molar-refractivity contribution in [1.82, 2.24) is 14.5 Å². The van der Waals surface area contributed by atoms with Crippen LogP contribution in [-0.4, -0.2) is 65.1 Å². The van der Waals surface area contributed by atoms with Gasteiger partial charge in [-0.25, -0.2) is 13.1 Å². The minimum Gasteiger partial charge on any atom is -0.350 e. The summed E-state index contributed by atoms with van der Waals surface area (Å²) in [4.78, 5) is 15.0. The zero-order valence-corrected chi connectivity index (χ0v) is 20.1. The van der Waals surface area contributed by atoms with Gasteiger partial charge in [0.2, 0.25) is 5.92 Å². The van der Waals surface area contributed by atoms with Crippen LogP contribution in [0, 0.1) is 0 Å². The van der Waals surface area contributed by atoms with E-state index in [0.29, 0.717) is 13.1 Å². The molecule has 1 heterocycles. The standard InChI is InChI=1S/C22H29ClF5N3OS/c1-2-14-33-31-12-10-30(11-13-31)20(6-8-21(24,25)9-7-20)15-29-19(32)18-16(22(26,27)28)4-3-5-17(18)23/h3-5H,2,6-15H2,1H3,(H,29,32). The summed E-state index contributed by atoms with van der Waals surface area (Å²) in [5.41, 5.74) is -2.47. The van der Waals surface area contributed by atoms with Gasteiger partial charge in [-0.2, -0.15) is 13.2 Å². The first-order valence-electron chi connectivity index (χ1n) is 11.1. The van der Waals surface area contributed by atoms with Crippen molar-refractivity contribution in [2.45, 2.75) is 56.7 Å². The molecule has 11 heteroatoms. The highest BCUT2D eigenvalue weighted by Gasteiger charge is 2.47. The number of alkyl halides is 5. The highest BCUT2D eigenvalue weighted by Crippen LogP contribution is 2.42. The van der Waals surface area contributed by atoms with Gasteiger partial charge in [-0.1, -0.05) is 36.5 Å². The minimum atomic E-state index is -4.74. The number of nitrogens with zero attached hydrogens (tertiary/aromatic N) is 2. The molecule has 1 aromatic rings. The Morgan fingerprint density at radius 3 is 2.33 bits per heavy atom. The molecule has 2 aliphatic rings. The molecule has 186 valence electrons. The van der Waals surface area contributed by atoms with Crippen LogP contribution in [0.25, 0.3) is 0 Å². The molecule has 0 unspecified atom stereocenters. The zero-order valence-electron chi connectivity index (χ0n) is 18.5. The van der Waals surface area contributed by atoms with Gasteiger partial charge in [0.1, 0.15) is 0 Å². The number of benzene rings is 1. The number of piperazine rings is 1. The number of carbonyl (C=O) groups is 1. The molecule has 4 nitrogen and oxygen atoms in total. The van der Waals surface area contributed by atoms with Crippen LogP contribution in [-0.2, 0) is 6.18 Å². The maximum absolute atomic E-state index is 14.0. The van der Waals surface area contributed by atoms with E-state index in [0.717, 1.165) is 37.4 Å². The van der Waals surface area contributed by atoms with Crippen molar-refractivity contribution in [3.8, 4) is 0 Å². The van der Waals surface area contributed by atoms with Gasteiger partial charge in [-0.05, 0) is 31.4 Å². The third-order valence-electron chi connectivity index (χ3n) is 6.42. The Morgan fingerprint density at radius 1 is 1.12 bits per heavy atom. The molecule has 1 aliphatic heterocycles. The van der Waals surface area contributed by atoms with Crippen LogP contribution < -0.4 is 5.32 Å². The number of halogens is 6. The molecule has 3 rings (SSSR count). The molecular weight excluding hydrogens is 485 g/mol. The molecule has 1 amide bonds. The Balaban J connectivity index is 1.76. The third-order valence-corrected chi connectivity index (χ3v) is 8.06. The van der Waals surface area contributed by atoms with Crippen LogP contribution in [0.15, 0.2) is 18.2 Å². The van der Waals surface area contributed by atoms with Crippen LogP contribution in [0.3, 0.4) is 0 Å². The first-order valence-corrected chi connectivity index (χ1v) is 12.4. The largest absolute Gasteiger partial charge is 0.417 e. The molecular formula is C22H29ClF5N3OS. The van der Waals surface area contributed by atoms with Crippen molar-refractivity contribution in [2.75, 3.05) is 38.5 Å². The van der Waals surface area contributed by atoms with Crippen molar-refractivity contribution in [2.24, 2.45) is 0 Å². The highest BCUT2D eigenvalue weighted by atomic mass is 35.5. The molecule has 0 radical (unpaired) electrons. The second-order valence-corrected chi connectivity index (χ2v) is 10.3. The van der Waals surface area contributed by atoms with Gasteiger partial charge in [0.05, 0.1) is 16.1 Å². The van der Waals surface area contributed by atoms with E-state index in [1.165, 1.54) is 6.07 Å². The lowest BCUT2D eigenvalue weighted by Crippen LogP contribution is -2.62. The smallest absolute Gasteiger partial charge is 0.350 e. The lowest BCUT2D eigenvalue weighted by atomic mass is 9.78. The number of rotatable bonds is 7. The SMILES string of the molecule is CCCSN1CCN(C2(CNC(=O)c3c(Cl)cccc3C(F)(F)F)CCC(F)(F)CC2)CC1. The van der Waals surface area contributed by atoms with Crippen LogP contribution in [0.2, 0.25) is 5.02 Å². The Morgan fingerprint density at radius 2 is 1.76 bits per heavy atom. The molecule has 1 N–H and O–H groups in total. The third kappa shape index (κ3) is 6.52. The monoisotopic (exact) mass is 513 g/mol. The first kappa shape index (κ1) is 26.5. The van der Waals surface area contributed by atoms with E-state index in [1.807, 2.05) is 0 Å². The van der Waals surface area contributed by atoms with Gasteiger partial charge in [-0.15, -0.1) is 0 Å². The molecule has 1 saturated carbocycles. The van der Waals surface area contributed by atoms with Crippen LogP contribution in [0.4, 0.5) is 22.0 Å². The minimum absolute atomic E-state index is 0.00740. The number of hydrogen-bond acceptors (Lipinski definition) is 4. The normalized spacial score (nSPS) is 21.7. The van der Waals surface area contributed by atoms with Crippen molar-refractivity contribution < 1.29 is 26.7 Å². The molecule has 0 aromatic heterocycles. The summed E-state index contributed by atoms with van der Waals surface area (Å²) in [6.45, 7) is 4.92. The van der Waals surface area contributed by atoms with E-state index in [1.54, 1.807) is 11.9 Å². The molecule has 1 saturated heterocycles. The molecule has 2 fully saturated rings. The Bertz CT molecular complexity index is 821. The van der Waals surface area contributed by atoms with E-state index < -0.39 is 34.7 Å². The van der Waals surface area contributed by atoms with E-state index >= 15 is 0 Å². The maximum atomic E-state index is 14.0. The fourth-order valence-corrected chi connectivity index (χ4v) is 5.64. The molecule has 33 heavy (non-hydrogen) atoms. The summed E-state index contributed by atoms with van der Waals surface area (Å²) in [6.07, 6.45) is -3.98. The lowest BCUT2D eigenvalue weighted by molar-refractivity contribution is -0.138. The average molecular weight is 514 g/mol. The van der Waals surface area contributed by atoms with Gasteiger partial charge < -0.3 is 5.32 Å². The molecule has 0 spiro atoms. The van der Waals surface area contributed by atoms with Gasteiger partial charge in [0.15, 0.2) is 0 Å². The van der Waals surface area contributed by atoms with Crippen LogP contribution in [0.5, 0.6) is 0 Å². The summed E-state index contributed by atoms with van der Waals surface area (Å²) < 4.78 is 70.4. The number of carbonyl (C=O) groups excluding carboxylic acids is 1. The fourth-order valence-electron chi connectivity index (χ4n) is 4.52. The molecule has 1 aliphatic carbocycles. The van der Waals surface area contributed by atoms with Crippen molar-refractivity contribution in [3.63, 3.8) is 0 Å². The second kappa shape index (κ2) is 10.7. The molecule has 1 aromatic carbocycles. The van der Waals surface area contributed by atoms with Gasteiger partial charge in [-0.3, -0.25) is 9.69 Å².